The topological polar surface area (TPSA) is 46.9 Å². The Kier molecular flexibility index (Phi) is 5.73. The SMILES string of the molecule is CCCCC(=O)Nc1cn(C(CC)CC)cn1. The molecule has 0 aliphatic heterocycles. The fraction of sp³-hybridized carbons (Fsp3) is 0.692. The Morgan fingerprint density at radius 3 is 2.71 bits per heavy atom. The van der Waals surface area contributed by atoms with Crippen molar-refractivity contribution in [2.24, 2.45) is 0 Å². The Morgan fingerprint density at radius 1 is 1.41 bits per heavy atom. The lowest BCUT2D eigenvalue weighted by Crippen LogP contribution is -2.11. The molecule has 4 nitrogen and oxygen atoms in total. The first kappa shape index (κ1) is 13.7. The van der Waals surface area contributed by atoms with Crippen LogP contribution in [0.25, 0.3) is 0 Å². The van der Waals surface area contributed by atoms with Crippen molar-refractivity contribution in [3.63, 3.8) is 0 Å². The first-order valence-electron chi connectivity index (χ1n) is 6.54. The van der Waals surface area contributed by atoms with Crippen molar-refractivity contribution >= 4 is 11.7 Å². The van der Waals surface area contributed by atoms with E-state index in [1.807, 2.05) is 6.20 Å². The number of nitrogens with one attached hydrogen (secondary N) is 1. The number of carbonyl (C=O) groups excluding carboxylic acids is 1. The number of carbonyl (C=O) groups is 1. The van der Waals surface area contributed by atoms with E-state index in [0.29, 0.717) is 18.3 Å². The van der Waals surface area contributed by atoms with E-state index < -0.39 is 0 Å². The number of hydrogen-bond acceptors (Lipinski definition) is 2. The van der Waals surface area contributed by atoms with Crippen molar-refractivity contribution in [3.8, 4) is 0 Å². The third-order valence-electron chi connectivity index (χ3n) is 2.99. The van der Waals surface area contributed by atoms with Crippen molar-refractivity contribution in [3.05, 3.63) is 12.5 Å². The maximum absolute atomic E-state index is 11.5. The first-order chi connectivity index (χ1) is 8.21. The van der Waals surface area contributed by atoms with E-state index in [1.54, 1.807) is 6.33 Å². The summed E-state index contributed by atoms with van der Waals surface area (Å²) in [5.74, 6) is 0.722. The van der Waals surface area contributed by atoms with Gasteiger partial charge in [0.15, 0.2) is 5.82 Å². The highest BCUT2D eigenvalue weighted by molar-refractivity contribution is 5.89. The molecular weight excluding hydrogens is 214 g/mol. The van der Waals surface area contributed by atoms with Crippen molar-refractivity contribution in [1.82, 2.24) is 9.55 Å². The highest BCUT2D eigenvalue weighted by atomic mass is 16.1. The Morgan fingerprint density at radius 2 is 2.12 bits per heavy atom. The molecular formula is C13H23N3O. The van der Waals surface area contributed by atoms with Crippen LogP contribution >= 0.6 is 0 Å². The zero-order valence-corrected chi connectivity index (χ0v) is 11.1. The molecule has 1 N–H and O–H groups in total. The molecule has 4 heteroatoms. The van der Waals surface area contributed by atoms with Gasteiger partial charge in [-0.3, -0.25) is 4.79 Å². The number of anilines is 1. The van der Waals surface area contributed by atoms with Crippen LogP contribution in [-0.2, 0) is 4.79 Å². The molecule has 0 bridgehead atoms. The maximum atomic E-state index is 11.5. The molecule has 0 radical (unpaired) electrons. The first-order valence-corrected chi connectivity index (χ1v) is 6.54. The van der Waals surface area contributed by atoms with Gasteiger partial charge in [-0.05, 0) is 19.3 Å². The van der Waals surface area contributed by atoms with Crippen LogP contribution < -0.4 is 5.32 Å². The van der Waals surface area contributed by atoms with Gasteiger partial charge in [0, 0.05) is 18.7 Å². The van der Waals surface area contributed by atoms with Crippen LogP contribution in [0.4, 0.5) is 5.82 Å². The molecule has 0 unspecified atom stereocenters. The highest BCUT2D eigenvalue weighted by Crippen LogP contribution is 2.17. The minimum Gasteiger partial charge on any atom is -0.332 e. The minimum atomic E-state index is 0.0571. The summed E-state index contributed by atoms with van der Waals surface area (Å²) in [6.07, 6.45) is 8.42. The van der Waals surface area contributed by atoms with Gasteiger partial charge in [-0.2, -0.15) is 0 Å². The molecule has 1 aromatic heterocycles. The van der Waals surface area contributed by atoms with Crippen LogP contribution in [0.1, 0.15) is 58.9 Å². The van der Waals surface area contributed by atoms with E-state index in [-0.39, 0.29) is 5.91 Å². The second-order valence-corrected chi connectivity index (χ2v) is 4.33. The van der Waals surface area contributed by atoms with Crippen molar-refractivity contribution in [2.45, 2.75) is 58.9 Å². The molecule has 0 atom stereocenters. The third-order valence-corrected chi connectivity index (χ3v) is 2.99. The summed E-state index contributed by atoms with van der Waals surface area (Å²) in [4.78, 5) is 15.7. The number of nitrogens with zero attached hydrogens (tertiary/aromatic N) is 2. The molecule has 1 aromatic rings. The van der Waals surface area contributed by atoms with Gasteiger partial charge in [-0.1, -0.05) is 27.2 Å². The van der Waals surface area contributed by atoms with Crippen molar-refractivity contribution in [1.29, 1.82) is 0 Å². The molecule has 0 aromatic carbocycles. The predicted molar refractivity (Wildman–Crippen MR) is 70.0 cm³/mol. The lowest BCUT2D eigenvalue weighted by Gasteiger charge is -2.12. The molecule has 1 rings (SSSR count). The normalized spacial score (nSPS) is 10.8. The van der Waals surface area contributed by atoms with Gasteiger partial charge >= 0.3 is 0 Å². The summed E-state index contributed by atoms with van der Waals surface area (Å²) in [6.45, 7) is 6.40. The molecule has 96 valence electrons. The standard InChI is InChI=1S/C13H23N3O/c1-4-7-8-13(17)15-12-9-16(10-14-12)11(5-2)6-3/h9-11H,4-8H2,1-3H3,(H,15,17). The van der Waals surface area contributed by atoms with Gasteiger partial charge in [0.1, 0.15) is 0 Å². The summed E-state index contributed by atoms with van der Waals surface area (Å²) in [5.41, 5.74) is 0. The Hall–Kier alpha value is -1.32. The number of imidazole rings is 1. The Labute approximate surface area is 103 Å². The van der Waals surface area contributed by atoms with Crippen LogP contribution in [-0.4, -0.2) is 15.5 Å². The maximum Gasteiger partial charge on any atom is 0.225 e. The van der Waals surface area contributed by atoms with Gasteiger partial charge in [-0.15, -0.1) is 0 Å². The van der Waals surface area contributed by atoms with Crippen LogP contribution in [0.15, 0.2) is 12.5 Å². The zero-order chi connectivity index (χ0) is 12.7. The number of unbranched alkanes of at least 4 members (excludes halogenated alkanes) is 1. The van der Waals surface area contributed by atoms with Gasteiger partial charge in [0.25, 0.3) is 0 Å². The molecule has 1 heterocycles. The average Bonchev–Trinajstić information content (AvgIpc) is 2.76. The largest absolute Gasteiger partial charge is 0.332 e. The third kappa shape index (κ3) is 4.21. The van der Waals surface area contributed by atoms with E-state index in [1.165, 1.54) is 0 Å². The lowest BCUT2D eigenvalue weighted by atomic mass is 10.2. The fourth-order valence-electron chi connectivity index (χ4n) is 1.85. The van der Waals surface area contributed by atoms with E-state index >= 15 is 0 Å². The van der Waals surface area contributed by atoms with Crippen LogP contribution in [0.3, 0.4) is 0 Å². The molecule has 0 aliphatic rings. The van der Waals surface area contributed by atoms with Crippen molar-refractivity contribution < 1.29 is 4.79 Å². The Bertz CT molecular complexity index is 342. The van der Waals surface area contributed by atoms with Gasteiger partial charge < -0.3 is 9.88 Å². The summed E-state index contributed by atoms with van der Waals surface area (Å²) in [7, 11) is 0. The monoisotopic (exact) mass is 237 g/mol. The second kappa shape index (κ2) is 7.09. The van der Waals surface area contributed by atoms with Crippen molar-refractivity contribution in [2.75, 3.05) is 5.32 Å². The van der Waals surface area contributed by atoms with Gasteiger partial charge in [0.2, 0.25) is 5.91 Å². The molecule has 0 saturated carbocycles. The molecule has 0 saturated heterocycles. The molecule has 17 heavy (non-hydrogen) atoms. The van der Waals surface area contributed by atoms with E-state index in [9.17, 15) is 4.79 Å². The molecule has 0 spiro atoms. The van der Waals surface area contributed by atoms with Crippen LogP contribution in [0.5, 0.6) is 0 Å². The van der Waals surface area contributed by atoms with E-state index in [0.717, 1.165) is 25.7 Å². The highest BCUT2D eigenvalue weighted by Gasteiger charge is 2.08. The smallest absolute Gasteiger partial charge is 0.225 e. The van der Waals surface area contributed by atoms with Crippen LogP contribution in [0.2, 0.25) is 0 Å². The second-order valence-electron chi connectivity index (χ2n) is 4.33. The van der Waals surface area contributed by atoms with E-state index in [4.69, 9.17) is 0 Å². The fourth-order valence-corrected chi connectivity index (χ4v) is 1.85. The summed E-state index contributed by atoms with van der Waals surface area (Å²) in [6, 6.07) is 0.476. The predicted octanol–water partition coefficient (Wildman–Crippen LogP) is 3.37. The summed E-state index contributed by atoms with van der Waals surface area (Å²) >= 11 is 0. The number of aromatic nitrogens is 2. The summed E-state index contributed by atoms with van der Waals surface area (Å²) < 4.78 is 2.08. The van der Waals surface area contributed by atoms with E-state index in [2.05, 4.69) is 35.6 Å². The van der Waals surface area contributed by atoms with Gasteiger partial charge in [-0.25, -0.2) is 4.98 Å². The molecule has 0 aliphatic carbocycles. The quantitative estimate of drug-likeness (QED) is 0.790. The molecule has 0 fully saturated rings. The number of amides is 1. The van der Waals surface area contributed by atoms with Crippen LogP contribution in [0, 0.1) is 0 Å². The summed E-state index contributed by atoms with van der Waals surface area (Å²) in [5, 5.41) is 2.83. The molecule has 1 amide bonds. The lowest BCUT2D eigenvalue weighted by molar-refractivity contribution is -0.116. The Balaban J connectivity index is 2.53. The average molecular weight is 237 g/mol. The number of hydrogen-bond donors (Lipinski definition) is 1. The number of rotatable bonds is 7. The minimum absolute atomic E-state index is 0.0571. The van der Waals surface area contributed by atoms with Gasteiger partial charge in [0.05, 0.1) is 6.33 Å². The zero-order valence-electron chi connectivity index (χ0n) is 11.1.